The number of benzene rings is 2. The van der Waals surface area contributed by atoms with Crippen molar-refractivity contribution in [1.82, 2.24) is 20.6 Å². The maximum atomic E-state index is 12.9. The third kappa shape index (κ3) is 4.22. The Morgan fingerprint density at radius 1 is 1.04 bits per heavy atom. The van der Waals surface area contributed by atoms with E-state index in [0.29, 0.717) is 29.3 Å². The summed E-state index contributed by atoms with van der Waals surface area (Å²) in [7, 11) is 0. The topological polar surface area (TPSA) is 93.1 Å². The molecule has 0 atom stereocenters. The molecule has 8 heteroatoms. The van der Waals surface area contributed by atoms with Crippen LogP contribution < -0.4 is 16.4 Å². The lowest BCUT2D eigenvalue weighted by Crippen LogP contribution is -2.43. The van der Waals surface area contributed by atoms with E-state index in [0.717, 1.165) is 0 Å². The minimum atomic E-state index is -0.631. The fraction of sp³-hybridized carbons (Fsp3) is 0.200. The standard InChI is InChI=1S/C20H19FN4O3/c1-2-11-25-20(28)16-6-4-3-5-15(16)18(24-25)19(27)23-22-17(26)12-13-7-9-14(21)10-8-13/h3-10H,2,11-12H2,1H3,(H,22,26)(H,23,27). The lowest BCUT2D eigenvalue weighted by atomic mass is 10.1. The van der Waals surface area contributed by atoms with Crippen molar-refractivity contribution in [2.75, 3.05) is 0 Å². The fourth-order valence-corrected chi connectivity index (χ4v) is 2.78. The molecule has 0 saturated carbocycles. The van der Waals surface area contributed by atoms with Crippen molar-refractivity contribution >= 4 is 22.6 Å². The third-order valence-corrected chi connectivity index (χ3v) is 4.11. The number of hydrazine groups is 1. The molecule has 28 heavy (non-hydrogen) atoms. The van der Waals surface area contributed by atoms with Crippen LogP contribution in [0.4, 0.5) is 4.39 Å². The van der Waals surface area contributed by atoms with Gasteiger partial charge < -0.3 is 0 Å². The lowest BCUT2D eigenvalue weighted by molar-refractivity contribution is -0.121. The summed E-state index contributed by atoms with van der Waals surface area (Å²) in [4.78, 5) is 37.1. The van der Waals surface area contributed by atoms with E-state index in [1.54, 1.807) is 24.3 Å². The van der Waals surface area contributed by atoms with Gasteiger partial charge >= 0.3 is 0 Å². The summed E-state index contributed by atoms with van der Waals surface area (Å²) in [5, 5.41) is 4.95. The highest BCUT2D eigenvalue weighted by Crippen LogP contribution is 2.13. The van der Waals surface area contributed by atoms with Gasteiger partial charge in [-0.1, -0.05) is 37.3 Å². The molecule has 3 rings (SSSR count). The van der Waals surface area contributed by atoms with E-state index in [1.807, 2.05) is 6.92 Å². The lowest BCUT2D eigenvalue weighted by Gasteiger charge is -2.11. The number of carbonyl (C=O) groups is 2. The molecule has 0 spiro atoms. The van der Waals surface area contributed by atoms with Gasteiger partial charge in [-0.25, -0.2) is 9.07 Å². The highest BCUT2D eigenvalue weighted by Gasteiger charge is 2.17. The number of carbonyl (C=O) groups excluding carboxylic acids is 2. The average molecular weight is 382 g/mol. The number of aromatic nitrogens is 2. The quantitative estimate of drug-likeness (QED) is 0.660. The molecule has 144 valence electrons. The van der Waals surface area contributed by atoms with Crippen LogP contribution in [0, 0.1) is 5.82 Å². The highest BCUT2D eigenvalue weighted by molar-refractivity contribution is 6.05. The zero-order valence-corrected chi connectivity index (χ0v) is 15.2. The molecule has 0 radical (unpaired) electrons. The van der Waals surface area contributed by atoms with Gasteiger partial charge in [0.25, 0.3) is 11.5 Å². The van der Waals surface area contributed by atoms with E-state index >= 15 is 0 Å². The molecule has 0 bridgehead atoms. The van der Waals surface area contributed by atoms with E-state index < -0.39 is 17.6 Å². The number of amides is 2. The highest BCUT2D eigenvalue weighted by atomic mass is 19.1. The average Bonchev–Trinajstić information content (AvgIpc) is 2.70. The van der Waals surface area contributed by atoms with Crippen molar-refractivity contribution in [1.29, 1.82) is 0 Å². The van der Waals surface area contributed by atoms with Crippen molar-refractivity contribution in [3.05, 3.63) is 76.0 Å². The van der Waals surface area contributed by atoms with Crippen LogP contribution in [0.2, 0.25) is 0 Å². The van der Waals surface area contributed by atoms with Gasteiger partial charge in [0, 0.05) is 11.9 Å². The number of nitrogens with one attached hydrogen (secondary N) is 2. The van der Waals surface area contributed by atoms with E-state index in [-0.39, 0.29) is 17.7 Å². The summed E-state index contributed by atoms with van der Waals surface area (Å²) >= 11 is 0. The van der Waals surface area contributed by atoms with E-state index in [2.05, 4.69) is 16.0 Å². The molecule has 2 N–H and O–H groups in total. The van der Waals surface area contributed by atoms with Gasteiger partial charge in [0.1, 0.15) is 5.82 Å². The van der Waals surface area contributed by atoms with Crippen LogP contribution in [0.25, 0.3) is 10.8 Å². The maximum Gasteiger partial charge on any atom is 0.290 e. The minimum Gasteiger partial charge on any atom is -0.273 e. The van der Waals surface area contributed by atoms with Crippen molar-refractivity contribution in [2.24, 2.45) is 0 Å². The number of aryl methyl sites for hydroxylation is 1. The Morgan fingerprint density at radius 3 is 2.39 bits per heavy atom. The first-order valence-electron chi connectivity index (χ1n) is 8.83. The molecule has 0 saturated heterocycles. The number of hydrogen-bond acceptors (Lipinski definition) is 4. The first-order chi connectivity index (χ1) is 13.5. The van der Waals surface area contributed by atoms with Crippen LogP contribution in [0.3, 0.4) is 0 Å². The van der Waals surface area contributed by atoms with Crippen LogP contribution in [0.1, 0.15) is 29.4 Å². The number of hydrogen-bond donors (Lipinski definition) is 2. The van der Waals surface area contributed by atoms with Gasteiger partial charge in [0.15, 0.2) is 5.69 Å². The Labute approximate surface area is 160 Å². The number of fused-ring (bicyclic) bond motifs is 1. The van der Waals surface area contributed by atoms with Crippen LogP contribution in [0.5, 0.6) is 0 Å². The number of nitrogens with zero attached hydrogens (tertiary/aromatic N) is 2. The van der Waals surface area contributed by atoms with Crippen LogP contribution in [0.15, 0.2) is 53.3 Å². The summed E-state index contributed by atoms with van der Waals surface area (Å²) in [6, 6.07) is 12.2. The van der Waals surface area contributed by atoms with Gasteiger partial charge in [0.05, 0.1) is 11.8 Å². The summed E-state index contributed by atoms with van der Waals surface area (Å²) in [5.41, 5.74) is 5.02. The van der Waals surface area contributed by atoms with E-state index in [1.165, 1.54) is 28.9 Å². The summed E-state index contributed by atoms with van der Waals surface area (Å²) in [6.07, 6.45) is 0.658. The maximum absolute atomic E-state index is 12.9. The van der Waals surface area contributed by atoms with Gasteiger partial charge in [0.2, 0.25) is 5.91 Å². The van der Waals surface area contributed by atoms with Crippen molar-refractivity contribution in [3.63, 3.8) is 0 Å². The van der Waals surface area contributed by atoms with Crippen molar-refractivity contribution in [3.8, 4) is 0 Å². The van der Waals surface area contributed by atoms with Gasteiger partial charge in [-0.2, -0.15) is 5.10 Å². The molecular formula is C20H19FN4O3. The molecule has 1 aromatic heterocycles. The van der Waals surface area contributed by atoms with Crippen LogP contribution in [-0.4, -0.2) is 21.6 Å². The molecule has 0 aliphatic heterocycles. The first-order valence-corrected chi connectivity index (χ1v) is 8.83. The Balaban J connectivity index is 1.77. The van der Waals surface area contributed by atoms with Crippen molar-refractivity contribution in [2.45, 2.75) is 26.3 Å². The Morgan fingerprint density at radius 2 is 1.71 bits per heavy atom. The predicted molar refractivity (Wildman–Crippen MR) is 102 cm³/mol. The molecule has 0 fully saturated rings. The Kier molecular flexibility index (Phi) is 5.78. The second-order valence-corrected chi connectivity index (χ2v) is 6.23. The zero-order valence-electron chi connectivity index (χ0n) is 15.2. The zero-order chi connectivity index (χ0) is 20.1. The summed E-state index contributed by atoms with van der Waals surface area (Å²) in [5.74, 6) is -1.49. The fourth-order valence-electron chi connectivity index (χ4n) is 2.78. The SMILES string of the molecule is CCCn1nc(C(=O)NNC(=O)Cc2ccc(F)cc2)c2ccccc2c1=O. The van der Waals surface area contributed by atoms with Crippen LogP contribution in [-0.2, 0) is 17.8 Å². The summed E-state index contributed by atoms with van der Waals surface area (Å²) < 4.78 is 14.2. The Bertz CT molecular complexity index is 1080. The van der Waals surface area contributed by atoms with Crippen molar-refractivity contribution < 1.29 is 14.0 Å². The Hall–Kier alpha value is -3.55. The molecule has 7 nitrogen and oxygen atoms in total. The van der Waals surface area contributed by atoms with E-state index in [4.69, 9.17) is 0 Å². The molecule has 1 heterocycles. The molecule has 2 amide bonds. The largest absolute Gasteiger partial charge is 0.290 e. The second kappa shape index (κ2) is 8.43. The molecule has 2 aromatic carbocycles. The normalized spacial score (nSPS) is 10.6. The van der Waals surface area contributed by atoms with Gasteiger partial charge in [-0.3, -0.25) is 25.2 Å². The smallest absolute Gasteiger partial charge is 0.273 e. The molecule has 0 aliphatic rings. The predicted octanol–water partition coefficient (Wildman–Crippen LogP) is 1.95. The molecule has 3 aromatic rings. The number of rotatable bonds is 5. The van der Waals surface area contributed by atoms with Crippen LogP contribution >= 0.6 is 0 Å². The third-order valence-electron chi connectivity index (χ3n) is 4.11. The van der Waals surface area contributed by atoms with Gasteiger partial charge in [-0.15, -0.1) is 0 Å². The first kappa shape index (κ1) is 19.2. The summed E-state index contributed by atoms with van der Waals surface area (Å²) in [6.45, 7) is 2.28. The monoisotopic (exact) mass is 382 g/mol. The molecule has 0 aliphatic carbocycles. The number of halogens is 1. The second-order valence-electron chi connectivity index (χ2n) is 6.23. The van der Waals surface area contributed by atoms with E-state index in [9.17, 15) is 18.8 Å². The molecule has 0 unspecified atom stereocenters. The minimum absolute atomic E-state index is 0.0237. The van der Waals surface area contributed by atoms with Gasteiger partial charge in [-0.05, 0) is 30.2 Å². The molecular weight excluding hydrogens is 363 g/mol.